The Hall–Kier alpha value is -3.94. The third kappa shape index (κ3) is 4.71. The SMILES string of the molecule is CC(C)(C)Oc1cc2c(B3OC(C)(C)C(C)(C)O3)nn(C(c3ccccc3)(c3ccccc3)c3ccccc3)c2cn1. The Balaban J connectivity index is 1.71. The number of fused-ring (bicyclic) bond motifs is 1. The van der Waals surface area contributed by atoms with Crippen LogP contribution in [0.3, 0.4) is 0 Å². The zero-order chi connectivity index (χ0) is 29.8. The minimum atomic E-state index is -0.821. The lowest BCUT2D eigenvalue weighted by Gasteiger charge is -2.37. The molecule has 42 heavy (non-hydrogen) atoms. The van der Waals surface area contributed by atoms with E-state index in [2.05, 4.69) is 105 Å². The molecule has 2 aromatic heterocycles. The second-order valence-corrected chi connectivity index (χ2v) is 12.9. The van der Waals surface area contributed by atoms with Crippen LogP contribution in [0.2, 0.25) is 0 Å². The lowest BCUT2D eigenvalue weighted by atomic mass is 9.77. The first-order valence-corrected chi connectivity index (χ1v) is 14.5. The molecule has 0 radical (unpaired) electrons. The van der Waals surface area contributed by atoms with Crippen LogP contribution in [-0.2, 0) is 14.8 Å². The van der Waals surface area contributed by atoms with Crippen LogP contribution in [0, 0.1) is 0 Å². The predicted octanol–water partition coefficient (Wildman–Crippen LogP) is 6.75. The Morgan fingerprint density at radius 3 is 1.60 bits per heavy atom. The van der Waals surface area contributed by atoms with Crippen LogP contribution in [0.4, 0.5) is 0 Å². The van der Waals surface area contributed by atoms with Gasteiger partial charge in [0.25, 0.3) is 0 Å². The fraction of sp³-hybridized carbons (Fsp3) is 0.314. The number of nitrogens with zero attached hydrogens (tertiary/aromatic N) is 3. The summed E-state index contributed by atoms with van der Waals surface area (Å²) >= 11 is 0. The summed E-state index contributed by atoms with van der Waals surface area (Å²) in [4.78, 5) is 4.78. The molecule has 0 saturated carbocycles. The molecule has 0 spiro atoms. The largest absolute Gasteiger partial charge is 0.517 e. The van der Waals surface area contributed by atoms with Gasteiger partial charge in [0.05, 0.1) is 22.9 Å². The molecule has 1 fully saturated rings. The number of rotatable bonds is 6. The molecule has 1 aliphatic rings. The monoisotopic (exact) mass is 559 g/mol. The molecule has 6 rings (SSSR count). The maximum atomic E-state index is 6.58. The molecule has 3 heterocycles. The summed E-state index contributed by atoms with van der Waals surface area (Å²) in [5.74, 6) is 0.525. The average Bonchev–Trinajstić information content (AvgIpc) is 3.43. The highest BCUT2D eigenvalue weighted by atomic mass is 16.7. The van der Waals surface area contributed by atoms with Crippen LogP contribution < -0.4 is 10.3 Å². The predicted molar refractivity (Wildman–Crippen MR) is 168 cm³/mol. The Morgan fingerprint density at radius 2 is 1.17 bits per heavy atom. The van der Waals surface area contributed by atoms with Crippen molar-refractivity contribution in [2.24, 2.45) is 0 Å². The number of aromatic nitrogens is 3. The number of hydrogen-bond donors (Lipinski definition) is 0. The summed E-state index contributed by atoms with van der Waals surface area (Å²) in [6.07, 6.45) is 1.86. The number of pyridine rings is 1. The standard InChI is InChI=1S/C35H38BN3O3/c1-32(2,3)40-30-23-28-29(24-37-30)39(38-31(28)36-41-33(4,5)34(6,7)42-36)35(25-17-11-8-12-18-25,26-19-13-9-14-20-26)27-21-15-10-16-22-27/h8-24H,1-7H3. The highest BCUT2D eigenvalue weighted by Gasteiger charge is 2.54. The molecule has 6 nitrogen and oxygen atoms in total. The molecule has 0 atom stereocenters. The molecule has 1 aliphatic heterocycles. The molecule has 5 aromatic rings. The van der Waals surface area contributed by atoms with Gasteiger partial charge in [-0.05, 0) is 65.2 Å². The quantitative estimate of drug-likeness (QED) is 0.170. The van der Waals surface area contributed by atoms with E-state index in [4.69, 9.17) is 24.1 Å². The maximum absolute atomic E-state index is 6.58. The van der Waals surface area contributed by atoms with Crippen molar-refractivity contribution in [3.05, 3.63) is 120 Å². The van der Waals surface area contributed by atoms with Crippen molar-refractivity contribution >= 4 is 23.6 Å². The van der Waals surface area contributed by atoms with E-state index in [1.807, 2.05) is 51.2 Å². The fourth-order valence-corrected chi connectivity index (χ4v) is 5.68. The van der Waals surface area contributed by atoms with E-state index in [0.29, 0.717) is 11.5 Å². The Bertz CT molecular complexity index is 1580. The van der Waals surface area contributed by atoms with Crippen molar-refractivity contribution in [1.29, 1.82) is 0 Å². The van der Waals surface area contributed by atoms with Crippen LogP contribution in [0.15, 0.2) is 103 Å². The summed E-state index contributed by atoms with van der Waals surface area (Å²) in [6, 6.07) is 33.5. The van der Waals surface area contributed by atoms with Gasteiger partial charge in [-0.3, -0.25) is 0 Å². The second kappa shape index (κ2) is 10.1. The van der Waals surface area contributed by atoms with Gasteiger partial charge in [-0.15, -0.1) is 0 Å². The molecule has 7 heteroatoms. The summed E-state index contributed by atoms with van der Waals surface area (Å²) in [5.41, 5.74) is 2.46. The summed E-state index contributed by atoms with van der Waals surface area (Å²) in [6.45, 7) is 14.3. The van der Waals surface area contributed by atoms with Gasteiger partial charge in [-0.25, -0.2) is 9.67 Å². The van der Waals surface area contributed by atoms with E-state index in [1.54, 1.807) is 0 Å². The smallest absolute Gasteiger partial charge is 0.472 e. The molecule has 0 N–H and O–H groups in total. The van der Waals surface area contributed by atoms with Gasteiger partial charge in [-0.2, -0.15) is 5.10 Å². The summed E-state index contributed by atoms with van der Waals surface area (Å²) in [7, 11) is -0.677. The third-order valence-corrected chi connectivity index (χ3v) is 8.35. The highest BCUT2D eigenvalue weighted by molar-refractivity contribution is 6.64. The van der Waals surface area contributed by atoms with Crippen LogP contribution in [0.5, 0.6) is 5.88 Å². The molecule has 0 unspecified atom stereocenters. The van der Waals surface area contributed by atoms with Crippen molar-refractivity contribution in [2.45, 2.75) is 70.8 Å². The molecule has 3 aromatic carbocycles. The van der Waals surface area contributed by atoms with E-state index in [0.717, 1.165) is 27.6 Å². The molecule has 1 saturated heterocycles. The van der Waals surface area contributed by atoms with Crippen molar-refractivity contribution in [3.8, 4) is 5.88 Å². The third-order valence-electron chi connectivity index (χ3n) is 8.35. The van der Waals surface area contributed by atoms with E-state index < -0.39 is 29.5 Å². The molecule has 0 bridgehead atoms. The first-order chi connectivity index (χ1) is 19.9. The molecular formula is C35H38BN3O3. The average molecular weight is 560 g/mol. The van der Waals surface area contributed by atoms with E-state index in [9.17, 15) is 0 Å². The summed E-state index contributed by atoms with van der Waals surface area (Å²) < 4.78 is 21.5. The first-order valence-electron chi connectivity index (χ1n) is 14.5. The Morgan fingerprint density at radius 1 is 0.714 bits per heavy atom. The van der Waals surface area contributed by atoms with Crippen molar-refractivity contribution in [2.75, 3.05) is 0 Å². The van der Waals surface area contributed by atoms with Gasteiger partial charge >= 0.3 is 7.12 Å². The Labute approximate surface area is 248 Å². The zero-order valence-corrected chi connectivity index (χ0v) is 25.5. The van der Waals surface area contributed by atoms with Gasteiger partial charge in [0.2, 0.25) is 5.88 Å². The molecule has 0 amide bonds. The normalized spacial score (nSPS) is 16.6. The van der Waals surface area contributed by atoms with E-state index >= 15 is 0 Å². The van der Waals surface area contributed by atoms with E-state index in [-0.39, 0.29) is 0 Å². The topological polar surface area (TPSA) is 58.4 Å². The van der Waals surface area contributed by atoms with Gasteiger partial charge in [0.1, 0.15) is 16.7 Å². The van der Waals surface area contributed by atoms with Crippen LogP contribution >= 0.6 is 0 Å². The zero-order valence-electron chi connectivity index (χ0n) is 25.5. The second-order valence-electron chi connectivity index (χ2n) is 12.9. The van der Waals surface area contributed by atoms with Crippen LogP contribution in [0.25, 0.3) is 10.9 Å². The molecular weight excluding hydrogens is 521 g/mol. The number of benzene rings is 3. The van der Waals surface area contributed by atoms with Crippen LogP contribution in [0.1, 0.15) is 65.2 Å². The van der Waals surface area contributed by atoms with Gasteiger partial charge < -0.3 is 14.0 Å². The highest BCUT2D eigenvalue weighted by Crippen LogP contribution is 2.43. The number of hydrogen-bond acceptors (Lipinski definition) is 5. The molecule has 0 aliphatic carbocycles. The van der Waals surface area contributed by atoms with E-state index in [1.165, 1.54) is 0 Å². The fourth-order valence-electron chi connectivity index (χ4n) is 5.68. The molecule has 214 valence electrons. The minimum absolute atomic E-state index is 0.414. The maximum Gasteiger partial charge on any atom is 0.517 e. The van der Waals surface area contributed by atoms with Crippen molar-refractivity contribution < 1.29 is 14.0 Å². The van der Waals surface area contributed by atoms with Crippen molar-refractivity contribution in [1.82, 2.24) is 14.8 Å². The van der Waals surface area contributed by atoms with Gasteiger partial charge in [-0.1, -0.05) is 91.0 Å². The number of ether oxygens (including phenoxy) is 1. The van der Waals surface area contributed by atoms with Crippen LogP contribution in [-0.4, -0.2) is 38.7 Å². The lowest BCUT2D eigenvalue weighted by molar-refractivity contribution is 0.00578. The summed E-state index contributed by atoms with van der Waals surface area (Å²) in [5, 5.41) is 6.28. The van der Waals surface area contributed by atoms with Gasteiger partial charge in [0.15, 0.2) is 0 Å². The lowest BCUT2D eigenvalue weighted by Crippen LogP contribution is -2.41. The van der Waals surface area contributed by atoms with Gasteiger partial charge in [0, 0.05) is 11.5 Å². The minimum Gasteiger partial charge on any atom is -0.472 e. The van der Waals surface area contributed by atoms with Crippen molar-refractivity contribution in [3.63, 3.8) is 0 Å². The first kappa shape index (κ1) is 28.2. The Kier molecular flexibility index (Phi) is 6.79.